The molecule has 0 aliphatic rings. The topological polar surface area (TPSA) is 59.0 Å². The summed E-state index contributed by atoms with van der Waals surface area (Å²) in [6, 6.07) is 9.33. The molecule has 0 atom stereocenters. The van der Waals surface area contributed by atoms with Crippen molar-refractivity contribution in [2.75, 3.05) is 0 Å². The molecule has 0 bridgehead atoms. The van der Waals surface area contributed by atoms with Crippen molar-refractivity contribution < 1.29 is 22.3 Å². The van der Waals surface area contributed by atoms with E-state index in [4.69, 9.17) is 14.4 Å². The molecule has 3 rings (SSSR count). The molecule has 2 aromatic carbocycles. The van der Waals surface area contributed by atoms with Gasteiger partial charge < -0.3 is 9.15 Å². The number of fused-ring (bicyclic) bond motifs is 1. The summed E-state index contributed by atoms with van der Waals surface area (Å²) in [6.45, 7) is 1.63. The number of rotatable bonds is 2. The third-order valence-electron chi connectivity index (χ3n) is 3.14. The molecule has 0 radical (unpaired) electrons. The van der Waals surface area contributed by atoms with Crippen LogP contribution in [0.1, 0.15) is 17.0 Å². The van der Waals surface area contributed by atoms with Crippen molar-refractivity contribution in [2.24, 2.45) is 0 Å². The Kier molecular flexibility index (Phi) is 3.45. The number of oxazole rings is 1. The number of aromatic nitrogens is 1. The van der Waals surface area contributed by atoms with Crippen LogP contribution in [-0.2, 0) is 6.18 Å². The summed E-state index contributed by atoms with van der Waals surface area (Å²) in [5, 5.41) is 9.05. The molecule has 0 saturated carbocycles. The minimum atomic E-state index is -4.40. The van der Waals surface area contributed by atoms with Gasteiger partial charge in [0.15, 0.2) is 22.7 Å². The summed E-state index contributed by atoms with van der Waals surface area (Å²) >= 11 is 0. The molecule has 0 saturated heterocycles. The Morgan fingerprint density at radius 2 is 1.83 bits per heavy atom. The number of halogens is 3. The first-order valence-corrected chi connectivity index (χ1v) is 6.54. The minimum Gasteiger partial charge on any atom is -0.455 e. The predicted octanol–water partition coefficient (Wildman–Crippen LogP) is 4.82. The number of hydrogen-bond donors (Lipinski definition) is 0. The molecule has 4 nitrogen and oxygen atoms in total. The lowest BCUT2D eigenvalue weighted by molar-refractivity contribution is -0.137. The second kappa shape index (κ2) is 5.32. The minimum absolute atomic E-state index is 0.227. The molecule has 1 heterocycles. The number of nitrogens with zero attached hydrogens (tertiary/aromatic N) is 2. The van der Waals surface area contributed by atoms with Gasteiger partial charge in [-0.3, -0.25) is 0 Å². The molecule has 0 fully saturated rings. The monoisotopic (exact) mass is 318 g/mol. The SMILES string of the molecule is Cc1nc2c(Oc3ccc(C(F)(F)F)cc3)ccc(C#N)c2o1. The number of nitriles is 1. The van der Waals surface area contributed by atoms with Crippen LogP contribution >= 0.6 is 0 Å². The quantitative estimate of drug-likeness (QED) is 0.680. The Morgan fingerprint density at radius 1 is 1.13 bits per heavy atom. The lowest BCUT2D eigenvalue weighted by Gasteiger charge is -2.09. The Hall–Kier alpha value is -3.01. The molecule has 1 aromatic heterocycles. The number of benzene rings is 2. The van der Waals surface area contributed by atoms with Gasteiger partial charge in [0.25, 0.3) is 0 Å². The van der Waals surface area contributed by atoms with Crippen molar-refractivity contribution in [2.45, 2.75) is 13.1 Å². The van der Waals surface area contributed by atoms with Gasteiger partial charge in [0.2, 0.25) is 0 Å². The highest BCUT2D eigenvalue weighted by atomic mass is 19.4. The van der Waals surface area contributed by atoms with Crippen LogP contribution in [0.4, 0.5) is 13.2 Å². The third-order valence-corrected chi connectivity index (χ3v) is 3.14. The normalized spacial score (nSPS) is 11.4. The summed E-state index contributed by atoms with van der Waals surface area (Å²) < 4.78 is 48.6. The lowest BCUT2D eigenvalue weighted by atomic mass is 10.2. The summed E-state index contributed by atoms with van der Waals surface area (Å²) in [5.74, 6) is 0.889. The highest BCUT2D eigenvalue weighted by Crippen LogP contribution is 2.34. The van der Waals surface area contributed by atoms with Crippen LogP contribution in [-0.4, -0.2) is 4.98 Å². The van der Waals surface area contributed by atoms with E-state index < -0.39 is 11.7 Å². The van der Waals surface area contributed by atoms with Crippen LogP contribution in [0.3, 0.4) is 0 Å². The first-order chi connectivity index (χ1) is 10.9. The molecular formula is C16H9F3N2O2. The molecule has 0 N–H and O–H groups in total. The van der Waals surface area contributed by atoms with Crippen LogP contribution in [0.5, 0.6) is 11.5 Å². The van der Waals surface area contributed by atoms with Gasteiger partial charge in [-0.05, 0) is 36.4 Å². The molecule has 3 aromatic rings. The van der Waals surface area contributed by atoms with Crippen LogP contribution < -0.4 is 4.74 Å². The van der Waals surface area contributed by atoms with Crippen molar-refractivity contribution in [3.05, 3.63) is 53.4 Å². The maximum absolute atomic E-state index is 12.5. The molecule has 116 valence electrons. The first-order valence-electron chi connectivity index (χ1n) is 6.54. The molecule has 0 aliphatic carbocycles. The van der Waals surface area contributed by atoms with Crippen LogP contribution in [0.15, 0.2) is 40.8 Å². The smallest absolute Gasteiger partial charge is 0.416 e. The van der Waals surface area contributed by atoms with Crippen molar-refractivity contribution >= 4 is 11.1 Å². The lowest BCUT2D eigenvalue weighted by Crippen LogP contribution is -2.04. The van der Waals surface area contributed by atoms with Crippen LogP contribution in [0.25, 0.3) is 11.1 Å². The van der Waals surface area contributed by atoms with E-state index >= 15 is 0 Å². The van der Waals surface area contributed by atoms with E-state index in [1.54, 1.807) is 6.92 Å². The van der Waals surface area contributed by atoms with Gasteiger partial charge in [-0.1, -0.05) is 0 Å². The number of aryl methyl sites for hydroxylation is 1. The molecule has 0 unspecified atom stereocenters. The van der Waals surface area contributed by atoms with Crippen LogP contribution in [0.2, 0.25) is 0 Å². The van der Waals surface area contributed by atoms with Gasteiger partial charge in [0, 0.05) is 6.92 Å². The largest absolute Gasteiger partial charge is 0.455 e. The van der Waals surface area contributed by atoms with Crippen molar-refractivity contribution in [3.63, 3.8) is 0 Å². The fourth-order valence-corrected chi connectivity index (χ4v) is 2.10. The van der Waals surface area contributed by atoms with E-state index in [2.05, 4.69) is 4.98 Å². The van der Waals surface area contributed by atoms with Crippen molar-refractivity contribution in [1.29, 1.82) is 5.26 Å². The van der Waals surface area contributed by atoms with E-state index in [1.807, 2.05) is 6.07 Å². The number of alkyl halides is 3. The van der Waals surface area contributed by atoms with Gasteiger partial charge in [-0.2, -0.15) is 18.4 Å². The summed E-state index contributed by atoms with van der Waals surface area (Å²) in [5.41, 5.74) is 0.184. The Morgan fingerprint density at radius 3 is 2.43 bits per heavy atom. The molecule has 0 spiro atoms. The molecular weight excluding hydrogens is 309 g/mol. The van der Waals surface area contributed by atoms with E-state index in [1.165, 1.54) is 24.3 Å². The Balaban J connectivity index is 1.98. The number of hydrogen-bond acceptors (Lipinski definition) is 4. The van der Waals surface area contributed by atoms with E-state index in [0.717, 1.165) is 12.1 Å². The zero-order valence-electron chi connectivity index (χ0n) is 11.8. The fraction of sp³-hybridized carbons (Fsp3) is 0.125. The first kappa shape index (κ1) is 14.9. The third kappa shape index (κ3) is 2.83. The van der Waals surface area contributed by atoms with Gasteiger partial charge in [0.05, 0.1) is 11.1 Å². The van der Waals surface area contributed by atoms with E-state index in [0.29, 0.717) is 22.7 Å². The van der Waals surface area contributed by atoms with Crippen molar-refractivity contribution in [1.82, 2.24) is 4.98 Å². The zero-order chi connectivity index (χ0) is 16.6. The molecule has 0 amide bonds. The van der Waals surface area contributed by atoms with Gasteiger partial charge in [-0.15, -0.1) is 0 Å². The summed E-state index contributed by atoms with van der Waals surface area (Å²) in [6.07, 6.45) is -4.40. The van der Waals surface area contributed by atoms with Gasteiger partial charge in [-0.25, -0.2) is 4.98 Å². The highest BCUT2D eigenvalue weighted by molar-refractivity contribution is 5.85. The van der Waals surface area contributed by atoms with Crippen molar-refractivity contribution in [3.8, 4) is 17.6 Å². The fourth-order valence-electron chi connectivity index (χ4n) is 2.10. The van der Waals surface area contributed by atoms with Gasteiger partial charge >= 0.3 is 6.18 Å². The maximum Gasteiger partial charge on any atom is 0.416 e. The van der Waals surface area contributed by atoms with Gasteiger partial charge in [0.1, 0.15) is 11.8 Å². The zero-order valence-corrected chi connectivity index (χ0v) is 11.8. The second-order valence-electron chi connectivity index (χ2n) is 4.76. The standard InChI is InChI=1S/C16H9F3N2O2/c1-9-21-14-13(7-2-10(8-20)15(14)22-9)23-12-5-3-11(4-6-12)16(17,18)19/h2-7H,1H3. The summed E-state index contributed by atoms with van der Waals surface area (Å²) in [4.78, 5) is 4.15. The maximum atomic E-state index is 12.5. The van der Waals surface area contributed by atoms with E-state index in [-0.39, 0.29) is 11.3 Å². The average molecular weight is 318 g/mol. The molecule has 23 heavy (non-hydrogen) atoms. The number of ether oxygens (including phenoxy) is 1. The molecule has 7 heteroatoms. The predicted molar refractivity (Wildman–Crippen MR) is 75.0 cm³/mol. The highest BCUT2D eigenvalue weighted by Gasteiger charge is 2.30. The van der Waals surface area contributed by atoms with E-state index in [9.17, 15) is 13.2 Å². The average Bonchev–Trinajstić information content (AvgIpc) is 2.89. The Bertz CT molecular complexity index is 906. The van der Waals surface area contributed by atoms with Crippen LogP contribution in [0, 0.1) is 18.3 Å². The summed E-state index contributed by atoms with van der Waals surface area (Å²) in [7, 11) is 0. The second-order valence-corrected chi connectivity index (χ2v) is 4.76. The Labute approximate surface area is 128 Å². The molecule has 0 aliphatic heterocycles.